The van der Waals surface area contributed by atoms with Crippen LogP contribution in [0.3, 0.4) is 0 Å². The molecule has 0 bridgehead atoms. The van der Waals surface area contributed by atoms with Crippen LogP contribution in [0.4, 0.5) is 4.39 Å². The molecule has 0 N–H and O–H groups in total. The van der Waals surface area contributed by atoms with Crippen molar-refractivity contribution >= 4 is 11.8 Å². The van der Waals surface area contributed by atoms with E-state index in [4.69, 9.17) is 4.74 Å². The molecule has 3 rings (SSSR count). The third kappa shape index (κ3) is 4.88. The second-order valence-corrected chi connectivity index (χ2v) is 6.95. The first-order valence-electron chi connectivity index (χ1n) is 9.52. The first-order chi connectivity index (χ1) is 13.6. The highest BCUT2D eigenvalue weighted by Gasteiger charge is 2.35. The molecule has 1 unspecified atom stereocenters. The zero-order chi connectivity index (χ0) is 19.9. The summed E-state index contributed by atoms with van der Waals surface area (Å²) in [4.78, 5) is 28.7. The zero-order valence-electron chi connectivity index (χ0n) is 16.0. The predicted octanol–water partition coefficient (Wildman–Crippen LogP) is 2.90. The maximum absolute atomic E-state index is 13.6. The molecule has 28 heavy (non-hydrogen) atoms. The number of ether oxygens (including phenoxy) is 1. The number of nitrogens with zero attached hydrogens (tertiary/aromatic N) is 2. The number of carbonyl (C=O) groups excluding carboxylic acids is 2. The van der Waals surface area contributed by atoms with Gasteiger partial charge in [0.1, 0.15) is 12.6 Å². The lowest BCUT2D eigenvalue weighted by molar-refractivity contribution is -0.142. The molecule has 0 aromatic heterocycles. The molecule has 2 amide bonds. The third-order valence-corrected chi connectivity index (χ3v) is 4.95. The van der Waals surface area contributed by atoms with Gasteiger partial charge < -0.3 is 14.5 Å². The molecule has 0 aliphatic carbocycles. The maximum Gasteiger partial charge on any atom is 0.245 e. The molecular weight excluding hydrogens is 359 g/mol. The standard InChI is InChI=1S/C22H25FN2O3/c1-24(14-15-28-20-12-6-5-10-18(20)23)22(27)19-11-7-13-25(19)21(26)16-17-8-3-2-4-9-17/h2-6,8-10,12,19H,7,11,13-16H2,1H3. The van der Waals surface area contributed by atoms with Gasteiger partial charge in [0.25, 0.3) is 0 Å². The number of likely N-dealkylation sites (tertiary alicyclic amines) is 1. The van der Waals surface area contributed by atoms with Crippen molar-refractivity contribution in [2.24, 2.45) is 0 Å². The monoisotopic (exact) mass is 384 g/mol. The van der Waals surface area contributed by atoms with Crippen molar-refractivity contribution in [1.29, 1.82) is 0 Å². The lowest BCUT2D eigenvalue weighted by Gasteiger charge is -2.28. The van der Waals surface area contributed by atoms with Crippen LogP contribution in [0.5, 0.6) is 5.75 Å². The summed E-state index contributed by atoms with van der Waals surface area (Å²) in [5.74, 6) is -0.386. The molecule has 1 heterocycles. The molecule has 6 heteroatoms. The second-order valence-electron chi connectivity index (χ2n) is 6.95. The van der Waals surface area contributed by atoms with Gasteiger partial charge in [-0.3, -0.25) is 9.59 Å². The average molecular weight is 384 g/mol. The van der Waals surface area contributed by atoms with Crippen LogP contribution < -0.4 is 4.74 Å². The number of hydrogen-bond donors (Lipinski definition) is 0. The summed E-state index contributed by atoms with van der Waals surface area (Å²) in [5, 5.41) is 0. The van der Waals surface area contributed by atoms with E-state index in [1.165, 1.54) is 6.07 Å². The van der Waals surface area contributed by atoms with E-state index in [-0.39, 0.29) is 24.2 Å². The summed E-state index contributed by atoms with van der Waals surface area (Å²) in [6.07, 6.45) is 1.78. The zero-order valence-corrected chi connectivity index (χ0v) is 16.0. The molecule has 5 nitrogen and oxygen atoms in total. The number of amides is 2. The fourth-order valence-corrected chi connectivity index (χ4v) is 3.41. The van der Waals surface area contributed by atoms with Crippen molar-refractivity contribution in [3.8, 4) is 5.75 Å². The third-order valence-electron chi connectivity index (χ3n) is 4.95. The summed E-state index contributed by atoms with van der Waals surface area (Å²) < 4.78 is 19.0. The molecule has 148 valence electrons. The van der Waals surface area contributed by atoms with E-state index in [1.807, 2.05) is 30.3 Å². The van der Waals surface area contributed by atoms with Crippen molar-refractivity contribution in [3.05, 3.63) is 66.0 Å². The number of likely N-dealkylation sites (N-methyl/N-ethyl adjacent to an activating group) is 1. The Morgan fingerprint density at radius 2 is 1.86 bits per heavy atom. The van der Waals surface area contributed by atoms with Gasteiger partial charge in [0.15, 0.2) is 11.6 Å². The van der Waals surface area contributed by atoms with Gasteiger partial charge >= 0.3 is 0 Å². The minimum absolute atomic E-state index is 0.0296. The molecular formula is C22H25FN2O3. The minimum atomic E-state index is -0.435. The largest absolute Gasteiger partial charge is 0.489 e. The van der Waals surface area contributed by atoms with Crippen LogP contribution in [0.2, 0.25) is 0 Å². The van der Waals surface area contributed by atoms with Gasteiger partial charge in [0.2, 0.25) is 11.8 Å². The van der Waals surface area contributed by atoms with E-state index in [0.717, 1.165) is 12.0 Å². The normalized spacial score (nSPS) is 16.1. The van der Waals surface area contributed by atoms with E-state index in [1.54, 1.807) is 35.0 Å². The number of carbonyl (C=O) groups is 2. The van der Waals surface area contributed by atoms with Gasteiger partial charge in [-0.05, 0) is 30.5 Å². The molecule has 0 radical (unpaired) electrons. The Bertz CT molecular complexity index is 812. The van der Waals surface area contributed by atoms with Gasteiger partial charge in [-0.25, -0.2) is 4.39 Å². The van der Waals surface area contributed by atoms with Crippen LogP contribution in [0, 0.1) is 5.82 Å². The van der Waals surface area contributed by atoms with Crippen LogP contribution >= 0.6 is 0 Å². The highest BCUT2D eigenvalue weighted by atomic mass is 19.1. The summed E-state index contributed by atoms with van der Waals surface area (Å²) >= 11 is 0. The Labute approximate surface area is 164 Å². The Balaban J connectivity index is 1.53. The maximum atomic E-state index is 13.6. The topological polar surface area (TPSA) is 49.9 Å². The first kappa shape index (κ1) is 19.9. The van der Waals surface area contributed by atoms with Crippen LogP contribution in [0.1, 0.15) is 18.4 Å². The van der Waals surface area contributed by atoms with Crippen molar-refractivity contribution in [1.82, 2.24) is 9.80 Å². The van der Waals surface area contributed by atoms with Crippen molar-refractivity contribution in [2.75, 3.05) is 26.7 Å². The molecule has 0 saturated carbocycles. The predicted molar refractivity (Wildman–Crippen MR) is 104 cm³/mol. The van der Waals surface area contributed by atoms with Gasteiger partial charge in [-0.15, -0.1) is 0 Å². The Morgan fingerprint density at radius 3 is 2.61 bits per heavy atom. The molecule has 1 fully saturated rings. The average Bonchev–Trinajstić information content (AvgIpc) is 3.19. The van der Waals surface area contributed by atoms with Crippen LogP contribution in [-0.4, -0.2) is 54.4 Å². The summed E-state index contributed by atoms with van der Waals surface area (Å²) in [6.45, 7) is 1.11. The lowest BCUT2D eigenvalue weighted by atomic mass is 10.1. The van der Waals surface area contributed by atoms with E-state index in [0.29, 0.717) is 25.9 Å². The molecule has 1 aliphatic heterocycles. The number of hydrogen-bond acceptors (Lipinski definition) is 3. The molecule has 0 spiro atoms. The van der Waals surface area contributed by atoms with Gasteiger partial charge in [0, 0.05) is 13.6 Å². The molecule has 1 atom stereocenters. The summed E-state index contributed by atoms with van der Waals surface area (Å²) in [7, 11) is 1.69. The highest BCUT2D eigenvalue weighted by molar-refractivity contribution is 5.89. The van der Waals surface area contributed by atoms with E-state index >= 15 is 0 Å². The smallest absolute Gasteiger partial charge is 0.245 e. The number of para-hydroxylation sites is 1. The second kappa shape index (κ2) is 9.35. The molecule has 2 aromatic rings. The number of benzene rings is 2. The fraction of sp³-hybridized carbons (Fsp3) is 0.364. The number of halogens is 1. The van der Waals surface area contributed by atoms with Crippen molar-refractivity contribution < 1.29 is 18.7 Å². The van der Waals surface area contributed by atoms with E-state index < -0.39 is 11.9 Å². The van der Waals surface area contributed by atoms with E-state index in [9.17, 15) is 14.0 Å². The highest BCUT2D eigenvalue weighted by Crippen LogP contribution is 2.21. The van der Waals surface area contributed by atoms with Crippen LogP contribution in [-0.2, 0) is 16.0 Å². The van der Waals surface area contributed by atoms with Crippen molar-refractivity contribution in [2.45, 2.75) is 25.3 Å². The first-order valence-corrected chi connectivity index (χ1v) is 9.52. The molecule has 1 saturated heterocycles. The van der Waals surface area contributed by atoms with Crippen LogP contribution in [0.15, 0.2) is 54.6 Å². The van der Waals surface area contributed by atoms with Gasteiger partial charge in [0.05, 0.1) is 13.0 Å². The van der Waals surface area contributed by atoms with Gasteiger partial charge in [-0.2, -0.15) is 0 Å². The Morgan fingerprint density at radius 1 is 1.14 bits per heavy atom. The SMILES string of the molecule is CN(CCOc1ccccc1F)C(=O)C1CCCN1C(=O)Cc1ccccc1. The van der Waals surface area contributed by atoms with Crippen LogP contribution in [0.25, 0.3) is 0 Å². The van der Waals surface area contributed by atoms with Crippen molar-refractivity contribution in [3.63, 3.8) is 0 Å². The summed E-state index contributed by atoms with van der Waals surface area (Å²) in [6, 6.07) is 15.3. The molecule has 1 aliphatic rings. The quantitative estimate of drug-likeness (QED) is 0.738. The van der Waals surface area contributed by atoms with E-state index in [2.05, 4.69) is 0 Å². The lowest BCUT2D eigenvalue weighted by Crippen LogP contribution is -2.47. The Kier molecular flexibility index (Phi) is 6.63. The minimum Gasteiger partial charge on any atom is -0.489 e. The Hall–Kier alpha value is -2.89. The van der Waals surface area contributed by atoms with Gasteiger partial charge in [-0.1, -0.05) is 42.5 Å². The summed E-state index contributed by atoms with van der Waals surface area (Å²) in [5.41, 5.74) is 0.942. The fourth-order valence-electron chi connectivity index (χ4n) is 3.41. The number of rotatable bonds is 7. The molecule has 2 aromatic carbocycles.